The summed E-state index contributed by atoms with van der Waals surface area (Å²) in [5.41, 5.74) is 7.01. The Labute approximate surface area is 251 Å². The number of fused-ring (bicyclic) bond motifs is 1. The lowest BCUT2D eigenvalue weighted by Crippen LogP contribution is -2.53. The second-order valence-corrected chi connectivity index (χ2v) is 11.0. The van der Waals surface area contributed by atoms with E-state index in [0.29, 0.717) is 5.56 Å². The molecule has 0 saturated heterocycles. The van der Waals surface area contributed by atoms with E-state index in [1.165, 1.54) is 4.90 Å². The highest BCUT2D eigenvalue weighted by Crippen LogP contribution is 2.22. The van der Waals surface area contributed by atoms with Gasteiger partial charge in [0.1, 0.15) is 12.1 Å². The number of carboxylic acid groups (broad SMARTS) is 1. The van der Waals surface area contributed by atoms with Crippen molar-refractivity contribution in [1.29, 1.82) is 0 Å². The molecule has 0 aliphatic carbocycles. The molecule has 1 aromatic heterocycles. The number of likely N-dealkylation sites (N-methyl/N-ethyl adjacent to an activating group) is 1. The fourth-order valence-corrected chi connectivity index (χ4v) is 5.52. The van der Waals surface area contributed by atoms with E-state index in [1.54, 1.807) is 25.4 Å². The van der Waals surface area contributed by atoms with Crippen LogP contribution in [0.2, 0.25) is 0 Å². The molecule has 0 unspecified atom stereocenters. The lowest BCUT2D eigenvalue weighted by atomic mass is 9.98. The van der Waals surface area contributed by atoms with Crippen LogP contribution in [0.1, 0.15) is 32.6 Å². The van der Waals surface area contributed by atoms with Gasteiger partial charge in [0.25, 0.3) is 5.91 Å². The zero-order valence-corrected chi connectivity index (χ0v) is 24.5. The monoisotopic (exact) mass is 573 g/mol. The van der Waals surface area contributed by atoms with Crippen molar-refractivity contribution < 1.29 is 19.5 Å². The minimum Gasteiger partial charge on any atom is -0.480 e. The van der Waals surface area contributed by atoms with Crippen LogP contribution < -0.4 is 5.32 Å². The van der Waals surface area contributed by atoms with Crippen LogP contribution in [-0.2, 0) is 22.4 Å². The highest BCUT2D eigenvalue weighted by Gasteiger charge is 2.32. The number of carbonyl (C=O) groups is 3. The van der Waals surface area contributed by atoms with E-state index < -0.39 is 24.0 Å². The van der Waals surface area contributed by atoms with Gasteiger partial charge in [0.15, 0.2) is 0 Å². The maximum Gasteiger partial charge on any atom is 0.326 e. The van der Waals surface area contributed by atoms with Gasteiger partial charge in [0, 0.05) is 42.6 Å². The molecule has 5 aromatic rings. The number of hydrogen-bond acceptors (Lipinski definition) is 3. The first-order valence-corrected chi connectivity index (χ1v) is 14.3. The molecule has 218 valence electrons. The number of carbonyl (C=O) groups excluding carboxylic acids is 2. The zero-order valence-electron chi connectivity index (χ0n) is 24.5. The minimum atomic E-state index is -1.18. The van der Waals surface area contributed by atoms with Gasteiger partial charge in [-0.1, -0.05) is 90.0 Å². The van der Waals surface area contributed by atoms with Gasteiger partial charge >= 0.3 is 5.97 Å². The second-order valence-electron chi connectivity index (χ2n) is 11.0. The first-order valence-electron chi connectivity index (χ1n) is 14.3. The quantitative estimate of drug-likeness (QED) is 0.192. The van der Waals surface area contributed by atoms with E-state index in [2.05, 4.69) is 10.3 Å². The first kappa shape index (κ1) is 29.3. The van der Waals surface area contributed by atoms with Gasteiger partial charge < -0.3 is 20.3 Å². The summed E-state index contributed by atoms with van der Waals surface area (Å²) in [7, 11) is 1.60. The van der Waals surface area contributed by atoms with Crippen molar-refractivity contribution in [2.45, 2.75) is 38.8 Å². The van der Waals surface area contributed by atoms with Crippen molar-refractivity contribution in [3.63, 3.8) is 0 Å². The van der Waals surface area contributed by atoms with Crippen molar-refractivity contribution in [2.75, 3.05) is 7.05 Å². The van der Waals surface area contributed by atoms with Gasteiger partial charge in [-0.3, -0.25) is 9.59 Å². The third-order valence-electron chi connectivity index (χ3n) is 7.76. The summed E-state index contributed by atoms with van der Waals surface area (Å²) in [5.74, 6) is -1.98. The Bertz CT molecular complexity index is 1740. The minimum absolute atomic E-state index is 0.0956. The van der Waals surface area contributed by atoms with Crippen molar-refractivity contribution in [3.05, 3.63) is 131 Å². The Morgan fingerprint density at radius 1 is 0.814 bits per heavy atom. The number of amides is 2. The van der Waals surface area contributed by atoms with Crippen LogP contribution >= 0.6 is 0 Å². The topological polar surface area (TPSA) is 103 Å². The van der Waals surface area contributed by atoms with Crippen LogP contribution in [-0.4, -0.2) is 51.9 Å². The van der Waals surface area contributed by atoms with Crippen LogP contribution in [0.5, 0.6) is 0 Å². The number of aromatic amines is 1. The smallest absolute Gasteiger partial charge is 0.326 e. The normalized spacial score (nSPS) is 12.4. The van der Waals surface area contributed by atoms with Gasteiger partial charge in [-0.2, -0.15) is 0 Å². The largest absolute Gasteiger partial charge is 0.480 e. The Morgan fingerprint density at radius 3 is 2.12 bits per heavy atom. The average molecular weight is 574 g/mol. The third-order valence-corrected chi connectivity index (χ3v) is 7.76. The van der Waals surface area contributed by atoms with E-state index in [4.69, 9.17) is 0 Å². The van der Waals surface area contributed by atoms with Gasteiger partial charge in [-0.05, 0) is 54.3 Å². The van der Waals surface area contributed by atoms with Crippen LogP contribution in [0, 0.1) is 13.8 Å². The number of H-pyrrole nitrogens is 1. The van der Waals surface area contributed by atoms with E-state index in [-0.39, 0.29) is 18.7 Å². The van der Waals surface area contributed by atoms with E-state index >= 15 is 0 Å². The summed E-state index contributed by atoms with van der Waals surface area (Å²) in [4.78, 5) is 44.5. The maximum atomic E-state index is 13.9. The summed E-state index contributed by atoms with van der Waals surface area (Å²) in [6.07, 6.45) is 2.08. The number of aromatic nitrogens is 1. The van der Waals surface area contributed by atoms with Gasteiger partial charge in [-0.15, -0.1) is 0 Å². The molecule has 5 rings (SSSR count). The predicted molar refractivity (Wildman–Crippen MR) is 169 cm³/mol. The van der Waals surface area contributed by atoms with Crippen LogP contribution in [0.3, 0.4) is 0 Å². The molecule has 0 bridgehead atoms. The summed E-state index contributed by atoms with van der Waals surface area (Å²) in [6, 6.07) is 28.9. The van der Waals surface area contributed by atoms with Gasteiger partial charge in [0.2, 0.25) is 5.91 Å². The summed E-state index contributed by atoms with van der Waals surface area (Å²) in [5, 5.41) is 13.7. The van der Waals surface area contributed by atoms with Gasteiger partial charge in [-0.25, -0.2) is 4.79 Å². The number of hydrogen-bond donors (Lipinski definition) is 3. The number of aliphatic carboxylic acids is 1. The molecule has 3 N–H and O–H groups in total. The molecule has 0 aliphatic rings. The molecule has 7 nitrogen and oxygen atoms in total. The Morgan fingerprint density at radius 2 is 1.44 bits per heavy atom. The van der Waals surface area contributed by atoms with E-state index in [1.807, 2.05) is 98.8 Å². The average Bonchev–Trinajstić information content (AvgIpc) is 3.41. The molecule has 7 heteroatoms. The van der Waals surface area contributed by atoms with Crippen molar-refractivity contribution in [2.24, 2.45) is 0 Å². The van der Waals surface area contributed by atoms with E-state index in [9.17, 15) is 19.5 Å². The summed E-state index contributed by atoms with van der Waals surface area (Å²) < 4.78 is 0. The molecule has 0 spiro atoms. The maximum absolute atomic E-state index is 13.9. The molecule has 0 saturated carbocycles. The summed E-state index contributed by atoms with van der Waals surface area (Å²) >= 11 is 0. The number of rotatable bonds is 10. The van der Waals surface area contributed by atoms with Crippen LogP contribution in [0.15, 0.2) is 103 Å². The number of para-hydroxylation sites is 1. The van der Waals surface area contributed by atoms with Gasteiger partial charge in [0.05, 0.1) is 0 Å². The second kappa shape index (κ2) is 12.8. The number of carboxylic acids is 1. The van der Waals surface area contributed by atoms with Crippen LogP contribution in [0.25, 0.3) is 22.0 Å². The highest BCUT2D eigenvalue weighted by atomic mass is 16.4. The summed E-state index contributed by atoms with van der Waals surface area (Å²) in [6.45, 7) is 3.84. The molecule has 0 radical (unpaired) electrons. The molecule has 43 heavy (non-hydrogen) atoms. The van der Waals surface area contributed by atoms with Crippen molar-refractivity contribution in [1.82, 2.24) is 15.2 Å². The molecule has 2 atom stereocenters. The SMILES string of the molecule is Cc1cc(C)cc(C(=O)N(C)[C@@H](Cc2ccc(-c3ccccc3)cc2)C(=O)N[C@@H](Cc2c[nH]c3ccccc23)C(=O)O)c1. The lowest BCUT2D eigenvalue weighted by molar-refractivity contribution is -0.142. The zero-order chi connectivity index (χ0) is 30.5. The van der Waals surface area contributed by atoms with Crippen molar-refractivity contribution in [3.8, 4) is 11.1 Å². The molecular formula is C36H35N3O4. The molecular weight excluding hydrogens is 538 g/mol. The van der Waals surface area contributed by atoms with Crippen LogP contribution in [0.4, 0.5) is 0 Å². The molecule has 2 amide bonds. The third kappa shape index (κ3) is 6.84. The number of nitrogens with zero attached hydrogens (tertiary/aromatic N) is 1. The lowest BCUT2D eigenvalue weighted by Gasteiger charge is -2.29. The molecule has 1 heterocycles. The predicted octanol–water partition coefficient (Wildman–Crippen LogP) is 5.95. The fraction of sp³-hybridized carbons (Fsp3) is 0.194. The number of aryl methyl sites for hydroxylation is 2. The molecule has 0 aliphatic heterocycles. The van der Waals surface area contributed by atoms with Crippen molar-refractivity contribution >= 4 is 28.7 Å². The Hall–Kier alpha value is -5.17. The fourth-order valence-electron chi connectivity index (χ4n) is 5.52. The first-order chi connectivity index (χ1) is 20.7. The Kier molecular flexibility index (Phi) is 8.71. The number of benzene rings is 4. The standard InChI is InChI=1S/C36H35N3O4/c1-23-17-24(2)19-28(18-23)35(41)39(3)33(20-25-13-15-27(16-14-25)26-9-5-4-6-10-26)34(40)38-32(36(42)43)21-29-22-37-31-12-8-7-11-30(29)31/h4-19,22,32-33,37H,20-21H2,1-3H3,(H,38,40)(H,42,43)/t32-,33-/m0/s1. The molecule has 4 aromatic carbocycles. The molecule has 0 fully saturated rings. The van der Waals surface area contributed by atoms with E-state index in [0.717, 1.165) is 44.3 Å². The number of nitrogens with one attached hydrogen (secondary N) is 2. The Balaban J connectivity index is 1.42. The highest BCUT2D eigenvalue weighted by molar-refractivity contribution is 5.98.